The summed E-state index contributed by atoms with van der Waals surface area (Å²) < 4.78 is 26.5. The predicted octanol–water partition coefficient (Wildman–Crippen LogP) is 5.96. The second kappa shape index (κ2) is 9.69. The fraction of sp³-hybridized carbons (Fsp3) is 0.440. The first-order chi connectivity index (χ1) is 16.1. The molecular formula is C25H28ClFN4O2. The zero-order chi connectivity index (χ0) is 22.8. The second-order valence-electron chi connectivity index (χ2n) is 8.76. The molecule has 174 valence electrons. The van der Waals surface area contributed by atoms with Crippen molar-refractivity contribution in [2.45, 2.75) is 50.7 Å². The molecule has 3 aromatic rings. The number of methoxy groups -OCH3 is 1. The lowest BCUT2D eigenvalue weighted by Gasteiger charge is -2.34. The third-order valence-electron chi connectivity index (χ3n) is 6.72. The molecule has 0 spiro atoms. The molecule has 33 heavy (non-hydrogen) atoms. The molecule has 0 radical (unpaired) electrons. The van der Waals surface area contributed by atoms with Crippen LogP contribution in [-0.2, 0) is 0 Å². The number of ether oxygens (including phenoxy) is 2. The maximum Gasteiger partial charge on any atom is 0.165 e. The average molecular weight is 471 g/mol. The molecule has 0 bridgehead atoms. The molecule has 0 atom stereocenters. The highest BCUT2D eigenvalue weighted by Crippen LogP contribution is 2.38. The number of nitrogens with one attached hydrogen (secondary N) is 1. The van der Waals surface area contributed by atoms with Crippen LogP contribution in [-0.4, -0.2) is 47.2 Å². The number of rotatable bonds is 6. The molecule has 6 nitrogen and oxygen atoms in total. The van der Waals surface area contributed by atoms with Crippen molar-refractivity contribution in [2.75, 3.05) is 25.5 Å². The molecule has 0 unspecified atom stereocenters. The van der Waals surface area contributed by atoms with Gasteiger partial charge in [-0.15, -0.1) is 0 Å². The smallest absolute Gasteiger partial charge is 0.165 e. The van der Waals surface area contributed by atoms with E-state index in [1.807, 2.05) is 12.1 Å². The monoisotopic (exact) mass is 470 g/mol. The summed E-state index contributed by atoms with van der Waals surface area (Å²) in [5.41, 5.74) is 0.929. The van der Waals surface area contributed by atoms with Gasteiger partial charge in [-0.05, 0) is 69.8 Å². The number of likely N-dealkylation sites (tertiary alicyclic amines) is 1. The van der Waals surface area contributed by atoms with E-state index in [4.69, 9.17) is 21.1 Å². The fourth-order valence-electron chi connectivity index (χ4n) is 4.96. The first-order valence-electron chi connectivity index (χ1n) is 11.6. The third-order valence-corrected chi connectivity index (χ3v) is 7.01. The van der Waals surface area contributed by atoms with Crippen LogP contribution in [0.3, 0.4) is 0 Å². The molecule has 1 aliphatic carbocycles. The first kappa shape index (κ1) is 22.2. The number of fused-ring (bicyclic) bond motifs is 1. The lowest BCUT2D eigenvalue weighted by Crippen LogP contribution is -2.38. The van der Waals surface area contributed by atoms with Crippen LogP contribution in [0.2, 0.25) is 5.02 Å². The summed E-state index contributed by atoms with van der Waals surface area (Å²) in [6, 6.07) is 9.22. The third kappa shape index (κ3) is 4.70. The number of hydrogen-bond donors (Lipinski definition) is 1. The van der Waals surface area contributed by atoms with Gasteiger partial charge in [-0.25, -0.2) is 14.4 Å². The summed E-state index contributed by atoms with van der Waals surface area (Å²) in [7, 11) is 1.62. The number of halogens is 2. The summed E-state index contributed by atoms with van der Waals surface area (Å²) in [5, 5.41) is 3.82. The van der Waals surface area contributed by atoms with Crippen molar-refractivity contribution >= 4 is 34.0 Å². The summed E-state index contributed by atoms with van der Waals surface area (Å²) >= 11 is 5.94. The van der Waals surface area contributed by atoms with Crippen LogP contribution in [0.4, 0.5) is 15.9 Å². The van der Waals surface area contributed by atoms with E-state index in [1.54, 1.807) is 19.2 Å². The van der Waals surface area contributed by atoms with Gasteiger partial charge in [0.1, 0.15) is 12.1 Å². The van der Waals surface area contributed by atoms with Crippen molar-refractivity contribution in [1.82, 2.24) is 14.9 Å². The molecule has 1 N–H and O–H groups in total. The maximum atomic E-state index is 14.5. The van der Waals surface area contributed by atoms with Crippen LogP contribution < -0.4 is 14.8 Å². The minimum absolute atomic E-state index is 0.0496. The minimum Gasteiger partial charge on any atom is -0.493 e. The Morgan fingerprint density at radius 1 is 1.06 bits per heavy atom. The summed E-state index contributed by atoms with van der Waals surface area (Å²) in [6.45, 7) is 2.47. The van der Waals surface area contributed by atoms with Crippen molar-refractivity contribution in [3.8, 4) is 11.5 Å². The van der Waals surface area contributed by atoms with E-state index in [0.717, 1.165) is 31.1 Å². The zero-order valence-corrected chi connectivity index (χ0v) is 19.4. The van der Waals surface area contributed by atoms with Gasteiger partial charge in [-0.3, -0.25) is 0 Å². The molecule has 1 saturated carbocycles. The molecule has 2 aliphatic rings. The van der Waals surface area contributed by atoms with Gasteiger partial charge in [-0.2, -0.15) is 0 Å². The Bertz CT molecular complexity index is 1130. The van der Waals surface area contributed by atoms with E-state index in [0.29, 0.717) is 28.9 Å². The van der Waals surface area contributed by atoms with Crippen LogP contribution in [0.5, 0.6) is 11.5 Å². The number of nitrogens with zero attached hydrogens (tertiary/aromatic N) is 3. The maximum absolute atomic E-state index is 14.5. The summed E-state index contributed by atoms with van der Waals surface area (Å²) in [5.74, 6) is 1.24. The highest BCUT2D eigenvalue weighted by atomic mass is 35.5. The Labute approximate surface area is 198 Å². The van der Waals surface area contributed by atoms with Crippen LogP contribution >= 0.6 is 11.6 Å². The molecule has 5 rings (SSSR count). The molecule has 2 fully saturated rings. The molecule has 1 saturated heterocycles. The SMILES string of the molecule is COc1cc2ncnc(Nc3cccc(Cl)c3F)c2cc1OC1CCC(N2CCCC2)CC1. The van der Waals surface area contributed by atoms with Gasteiger partial charge >= 0.3 is 0 Å². The second-order valence-corrected chi connectivity index (χ2v) is 9.17. The normalized spacial score (nSPS) is 21.3. The van der Waals surface area contributed by atoms with Crippen LogP contribution in [0.25, 0.3) is 10.9 Å². The molecule has 1 aliphatic heterocycles. The van der Waals surface area contributed by atoms with E-state index >= 15 is 0 Å². The molecule has 2 aromatic carbocycles. The van der Waals surface area contributed by atoms with E-state index in [1.165, 1.54) is 38.3 Å². The van der Waals surface area contributed by atoms with Gasteiger partial charge in [0.05, 0.1) is 29.4 Å². The lowest BCUT2D eigenvalue weighted by molar-refractivity contribution is 0.0978. The quantitative estimate of drug-likeness (QED) is 0.479. The van der Waals surface area contributed by atoms with Crippen molar-refractivity contribution in [3.63, 3.8) is 0 Å². The Balaban J connectivity index is 1.38. The van der Waals surface area contributed by atoms with Crippen LogP contribution in [0.15, 0.2) is 36.7 Å². The topological polar surface area (TPSA) is 59.5 Å². The Hall–Kier alpha value is -2.64. The van der Waals surface area contributed by atoms with Crippen molar-refractivity contribution in [3.05, 3.63) is 47.5 Å². The minimum atomic E-state index is -0.523. The van der Waals surface area contributed by atoms with Gasteiger partial charge in [0.25, 0.3) is 0 Å². The van der Waals surface area contributed by atoms with Gasteiger partial charge < -0.3 is 19.7 Å². The molecule has 8 heteroatoms. The molecule has 1 aromatic heterocycles. The van der Waals surface area contributed by atoms with Crippen molar-refractivity contribution < 1.29 is 13.9 Å². The van der Waals surface area contributed by atoms with Crippen LogP contribution in [0.1, 0.15) is 38.5 Å². The molecule has 2 heterocycles. The van der Waals surface area contributed by atoms with Gasteiger partial charge in [0, 0.05) is 17.5 Å². The summed E-state index contributed by atoms with van der Waals surface area (Å²) in [4.78, 5) is 11.3. The average Bonchev–Trinajstić information content (AvgIpc) is 3.37. The number of aromatic nitrogens is 2. The van der Waals surface area contributed by atoms with Gasteiger partial charge in [-0.1, -0.05) is 17.7 Å². The lowest BCUT2D eigenvalue weighted by atomic mass is 9.92. The Morgan fingerprint density at radius 3 is 2.61 bits per heavy atom. The standard InChI is InChI=1S/C25H28ClFN4O2/c1-32-22-14-21-18(25(29-15-28-21)30-20-6-4-5-19(26)24(20)27)13-23(22)33-17-9-7-16(8-10-17)31-11-2-3-12-31/h4-6,13-17H,2-3,7-12H2,1H3,(H,28,29,30). The highest BCUT2D eigenvalue weighted by molar-refractivity contribution is 6.31. The number of benzene rings is 2. The summed E-state index contributed by atoms with van der Waals surface area (Å²) in [6.07, 6.45) is 8.58. The van der Waals surface area contributed by atoms with Gasteiger partial charge in [0.15, 0.2) is 17.3 Å². The largest absolute Gasteiger partial charge is 0.493 e. The molecular weight excluding hydrogens is 443 g/mol. The number of anilines is 2. The van der Waals surface area contributed by atoms with E-state index in [-0.39, 0.29) is 16.8 Å². The first-order valence-corrected chi connectivity index (χ1v) is 11.9. The number of hydrogen-bond acceptors (Lipinski definition) is 6. The van der Waals surface area contributed by atoms with Crippen molar-refractivity contribution in [2.24, 2.45) is 0 Å². The highest BCUT2D eigenvalue weighted by Gasteiger charge is 2.29. The van der Waals surface area contributed by atoms with E-state index in [2.05, 4.69) is 20.2 Å². The Kier molecular flexibility index (Phi) is 6.51. The fourth-order valence-corrected chi connectivity index (χ4v) is 5.13. The predicted molar refractivity (Wildman–Crippen MR) is 128 cm³/mol. The van der Waals surface area contributed by atoms with Crippen LogP contribution in [0, 0.1) is 5.82 Å². The van der Waals surface area contributed by atoms with Gasteiger partial charge in [0.2, 0.25) is 0 Å². The Morgan fingerprint density at radius 2 is 1.85 bits per heavy atom. The zero-order valence-electron chi connectivity index (χ0n) is 18.7. The van der Waals surface area contributed by atoms with E-state index < -0.39 is 5.82 Å². The van der Waals surface area contributed by atoms with Crippen molar-refractivity contribution in [1.29, 1.82) is 0 Å². The van der Waals surface area contributed by atoms with E-state index in [9.17, 15) is 4.39 Å². The molecule has 0 amide bonds.